The number of rotatable bonds is 5. The molecule has 1 aromatic heterocycles. The lowest BCUT2D eigenvalue weighted by atomic mass is 10.0. The molecule has 168 valence electrons. The zero-order chi connectivity index (χ0) is 22.4. The van der Waals surface area contributed by atoms with Crippen molar-refractivity contribution in [3.63, 3.8) is 0 Å². The highest BCUT2D eigenvalue weighted by Crippen LogP contribution is 2.35. The number of hydrogen-bond donors (Lipinski definition) is 1. The molecule has 2 unspecified atom stereocenters. The molecule has 0 spiro atoms. The number of carbonyl (C=O) groups is 1. The second kappa shape index (κ2) is 7.82. The fraction of sp³-hybridized carbons (Fsp3) is 0.261. The van der Waals surface area contributed by atoms with E-state index in [2.05, 4.69) is 15.6 Å². The first-order valence-electron chi connectivity index (χ1n) is 10.6. The first kappa shape index (κ1) is 19.6. The molecule has 0 aliphatic carbocycles. The van der Waals surface area contributed by atoms with Crippen molar-refractivity contribution in [1.29, 1.82) is 0 Å². The molecule has 1 fully saturated rings. The first-order valence-corrected chi connectivity index (χ1v) is 10.6. The highest BCUT2D eigenvalue weighted by Gasteiger charge is 2.40. The number of carbonyl (C=O) groups excluding carboxylic acids is 1. The van der Waals surface area contributed by atoms with Gasteiger partial charge in [0.15, 0.2) is 11.5 Å². The van der Waals surface area contributed by atoms with E-state index < -0.39 is 0 Å². The molecule has 2 atom stereocenters. The Morgan fingerprint density at radius 3 is 2.82 bits per heavy atom. The lowest BCUT2D eigenvalue weighted by Gasteiger charge is -2.30. The molecule has 0 saturated carbocycles. The number of aromatic nitrogens is 2. The average Bonchev–Trinajstić information content (AvgIpc) is 3.60. The van der Waals surface area contributed by atoms with Crippen LogP contribution in [0.5, 0.6) is 17.2 Å². The third-order valence-corrected chi connectivity index (χ3v) is 6.00. The summed E-state index contributed by atoms with van der Waals surface area (Å²) in [5.41, 5.74) is 5.25. The molecule has 10 nitrogen and oxygen atoms in total. The quantitative estimate of drug-likeness (QED) is 0.632. The zero-order valence-electron chi connectivity index (χ0n) is 17.8. The number of nitrogens with one attached hydrogen (secondary N) is 1. The smallest absolute Gasteiger partial charge is 0.251 e. The second-order valence-electron chi connectivity index (χ2n) is 7.96. The third-order valence-electron chi connectivity index (χ3n) is 6.00. The minimum atomic E-state index is -0.307. The summed E-state index contributed by atoms with van der Waals surface area (Å²) in [6.45, 7) is 0.399. The molecule has 6 rings (SSSR count). The lowest BCUT2D eigenvalue weighted by molar-refractivity contribution is -0.135. The Morgan fingerprint density at radius 2 is 1.97 bits per heavy atom. The molecule has 0 radical (unpaired) electrons. The molecule has 3 aliphatic heterocycles. The van der Waals surface area contributed by atoms with Crippen LogP contribution in [0.2, 0.25) is 0 Å². The van der Waals surface area contributed by atoms with Crippen molar-refractivity contribution in [2.24, 2.45) is 0 Å². The van der Waals surface area contributed by atoms with Crippen LogP contribution < -0.4 is 19.6 Å². The summed E-state index contributed by atoms with van der Waals surface area (Å²) in [4.78, 5) is 19.2. The van der Waals surface area contributed by atoms with Crippen LogP contribution in [0.4, 0.5) is 0 Å². The highest BCUT2D eigenvalue weighted by molar-refractivity contribution is 5.84. The summed E-state index contributed by atoms with van der Waals surface area (Å²) < 4.78 is 21.4. The molecule has 3 aromatic rings. The molecule has 0 bridgehead atoms. The van der Waals surface area contributed by atoms with Crippen molar-refractivity contribution in [1.82, 2.24) is 25.5 Å². The Hall–Kier alpha value is -4.05. The van der Waals surface area contributed by atoms with Gasteiger partial charge in [0.25, 0.3) is 5.91 Å². The summed E-state index contributed by atoms with van der Waals surface area (Å²) in [6, 6.07) is 13.1. The predicted molar refractivity (Wildman–Crippen MR) is 115 cm³/mol. The van der Waals surface area contributed by atoms with E-state index in [9.17, 15) is 4.79 Å². The highest BCUT2D eigenvalue weighted by atomic mass is 16.7. The summed E-state index contributed by atoms with van der Waals surface area (Å²) in [5, 5.41) is 5.92. The molecule has 1 amide bonds. The fourth-order valence-corrected chi connectivity index (χ4v) is 4.24. The number of methoxy groups -OCH3 is 1. The third kappa shape index (κ3) is 3.54. The average molecular weight is 447 g/mol. The number of benzene rings is 2. The van der Waals surface area contributed by atoms with Gasteiger partial charge in [-0.15, -0.1) is 0 Å². The van der Waals surface area contributed by atoms with Gasteiger partial charge in [-0.25, -0.2) is 5.43 Å². The van der Waals surface area contributed by atoms with E-state index in [4.69, 9.17) is 18.7 Å². The van der Waals surface area contributed by atoms with Gasteiger partial charge in [-0.1, -0.05) is 17.3 Å². The predicted octanol–water partition coefficient (Wildman–Crippen LogP) is 2.61. The maximum absolute atomic E-state index is 13.1. The van der Waals surface area contributed by atoms with E-state index >= 15 is 0 Å². The molecule has 3 aliphatic rings. The van der Waals surface area contributed by atoms with Crippen molar-refractivity contribution >= 4 is 5.91 Å². The normalized spacial score (nSPS) is 20.9. The summed E-state index contributed by atoms with van der Waals surface area (Å²) >= 11 is 0. The van der Waals surface area contributed by atoms with Gasteiger partial charge in [-0.05, 0) is 42.3 Å². The molecule has 4 heterocycles. The molecule has 1 N–H and O–H groups in total. The zero-order valence-corrected chi connectivity index (χ0v) is 17.8. The molecule has 10 heteroatoms. The SMILES string of the molecule is COc1ccc(C2CC3C(=O)N(Cc4nc(-c5ccc6c(c5)OCO6)no4)C=CN3N2)cc1. The summed E-state index contributed by atoms with van der Waals surface area (Å²) in [6.07, 6.45) is 4.25. The van der Waals surface area contributed by atoms with E-state index in [-0.39, 0.29) is 31.3 Å². The molecular weight excluding hydrogens is 426 g/mol. The van der Waals surface area contributed by atoms with Crippen LogP contribution in [0.25, 0.3) is 11.4 Å². The van der Waals surface area contributed by atoms with Crippen LogP contribution in [0.15, 0.2) is 59.4 Å². The molecule has 2 aromatic carbocycles. The van der Waals surface area contributed by atoms with Gasteiger partial charge < -0.3 is 28.6 Å². The van der Waals surface area contributed by atoms with Gasteiger partial charge >= 0.3 is 0 Å². The van der Waals surface area contributed by atoms with Gasteiger partial charge in [0, 0.05) is 18.0 Å². The lowest BCUT2D eigenvalue weighted by Crippen LogP contribution is -2.47. The van der Waals surface area contributed by atoms with Crippen LogP contribution in [-0.2, 0) is 11.3 Å². The van der Waals surface area contributed by atoms with Crippen molar-refractivity contribution in [2.75, 3.05) is 13.9 Å². The van der Waals surface area contributed by atoms with Gasteiger partial charge in [0.05, 0.1) is 13.2 Å². The monoisotopic (exact) mass is 447 g/mol. The molecule has 33 heavy (non-hydrogen) atoms. The number of ether oxygens (including phenoxy) is 3. The van der Waals surface area contributed by atoms with Crippen LogP contribution in [0.1, 0.15) is 23.9 Å². The number of nitrogens with zero attached hydrogens (tertiary/aromatic N) is 4. The Morgan fingerprint density at radius 1 is 1.12 bits per heavy atom. The fourth-order valence-electron chi connectivity index (χ4n) is 4.24. The number of fused-ring (bicyclic) bond motifs is 2. The first-order chi connectivity index (χ1) is 16.2. The Kier molecular flexibility index (Phi) is 4.65. The van der Waals surface area contributed by atoms with Crippen molar-refractivity contribution < 1.29 is 23.5 Å². The minimum absolute atomic E-state index is 0.0242. The molecular formula is C23H21N5O5. The Bertz CT molecular complexity index is 1220. The van der Waals surface area contributed by atoms with E-state index in [0.29, 0.717) is 29.6 Å². The summed E-state index contributed by atoms with van der Waals surface area (Å²) in [5.74, 6) is 2.90. The Balaban J connectivity index is 1.14. The van der Waals surface area contributed by atoms with Gasteiger partial charge in [0.2, 0.25) is 18.5 Å². The molecule has 1 saturated heterocycles. The van der Waals surface area contributed by atoms with Gasteiger partial charge in [0.1, 0.15) is 18.3 Å². The largest absolute Gasteiger partial charge is 0.497 e. The minimum Gasteiger partial charge on any atom is -0.497 e. The van der Waals surface area contributed by atoms with Gasteiger partial charge in [-0.3, -0.25) is 4.79 Å². The Labute approximate surface area is 189 Å². The topological polar surface area (TPSA) is 102 Å². The van der Waals surface area contributed by atoms with Crippen molar-refractivity contribution in [3.05, 3.63) is 66.3 Å². The van der Waals surface area contributed by atoms with E-state index in [1.165, 1.54) is 0 Å². The van der Waals surface area contributed by atoms with E-state index in [1.807, 2.05) is 53.7 Å². The standard InChI is InChI=1S/C23H21N5O5/c1-30-16-5-2-14(3-6-16)17-11-18-23(29)27(8-9-28(18)25-17)12-21-24-22(26-33-21)15-4-7-19-20(10-15)32-13-31-19/h2-10,17-18,25H,11-13H2,1H3. The number of hydrazine groups is 1. The second-order valence-corrected chi connectivity index (χ2v) is 7.96. The van der Waals surface area contributed by atoms with Crippen molar-refractivity contribution in [2.45, 2.75) is 25.0 Å². The number of hydrogen-bond acceptors (Lipinski definition) is 9. The van der Waals surface area contributed by atoms with Crippen LogP contribution in [0, 0.1) is 0 Å². The van der Waals surface area contributed by atoms with Crippen LogP contribution in [0.3, 0.4) is 0 Å². The van der Waals surface area contributed by atoms with E-state index in [0.717, 1.165) is 16.9 Å². The number of amides is 1. The summed E-state index contributed by atoms with van der Waals surface area (Å²) in [7, 11) is 1.64. The maximum Gasteiger partial charge on any atom is 0.251 e. The van der Waals surface area contributed by atoms with Crippen LogP contribution >= 0.6 is 0 Å². The van der Waals surface area contributed by atoms with Gasteiger partial charge in [-0.2, -0.15) is 4.98 Å². The van der Waals surface area contributed by atoms with E-state index in [1.54, 1.807) is 18.2 Å². The van der Waals surface area contributed by atoms with Crippen LogP contribution in [-0.4, -0.2) is 45.9 Å². The maximum atomic E-state index is 13.1. The van der Waals surface area contributed by atoms with Crippen molar-refractivity contribution in [3.8, 4) is 28.6 Å².